The fraction of sp³-hybridized carbons (Fsp3) is 1.00. The lowest BCUT2D eigenvalue weighted by molar-refractivity contribution is 0.141. The Hall–Kier alpha value is 0.360. The Morgan fingerprint density at radius 3 is 2.90 bits per heavy atom. The molecule has 1 aliphatic heterocycles. The molecule has 2 unspecified atom stereocenters. The van der Waals surface area contributed by atoms with Crippen molar-refractivity contribution < 1.29 is 5.11 Å². The summed E-state index contributed by atoms with van der Waals surface area (Å²) < 4.78 is 0. The van der Waals surface area contributed by atoms with E-state index in [9.17, 15) is 5.11 Å². The second-order valence-corrected chi connectivity index (χ2v) is 2.58. The summed E-state index contributed by atoms with van der Waals surface area (Å²) >= 11 is 0. The first-order valence-electron chi connectivity index (χ1n) is 3.45. The van der Waals surface area contributed by atoms with Crippen molar-refractivity contribution in [1.82, 2.24) is 5.32 Å². The SMILES string of the molecule is Br.NC1CNCCCC1O. The minimum atomic E-state index is -0.292. The van der Waals surface area contributed by atoms with Gasteiger partial charge in [0.1, 0.15) is 0 Å². The number of aliphatic hydroxyl groups excluding tert-OH is 1. The molecule has 4 heteroatoms. The molecule has 10 heavy (non-hydrogen) atoms. The Labute approximate surface area is 71.8 Å². The number of aliphatic hydroxyl groups is 1. The van der Waals surface area contributed by atoms with E-state index in [0.717, 1.165) is 25.9 Å². The second-order valence-electron chi connectivity index (χ2n) is 2.58. The average Bonchev–Trinajstić information content (AvgIpc) is 1.99. The molecule has 2 atom stereocenters. The fourth-order valence-electron chi connectivity index (χ4n) is 1.06. The normalized spacial score (nSPS) is 34.2. The summed E-state index contributed by atoms with van der Waals surface area (Å²) in [6.45, 7) is 1.74. The Balaban J connectivity index is 0.000000810. The topological polar surface area (TPSA) is 58.3 Å². The Morgan fingerprint density at radius 2 is 2.20 bits per heavy atom. The van der Waals surface area contributed by atoms with Crippen LogP contribution in [0.25, 0.3) is 0 Å². The lowest BCUT2D eigenvalue weighted by atomic mass is 10.1. The maximum absolute atomic E-state index is 9.19. The highest BCUT2D eigenvalue weighted by atomic mass is 79.9. The molecule has 0 radical (unpaired) electrons. The molecule has 1 aliphatic rings. The first-order chi connectivity index (χ1) is 4.30. The number of rotatable bonds is 0. The highest BCUT2D eigenvalue weighted by Crippen LogP contribution is 2.02. The minimum Gasteiger partial charge on any atom is -0.391 e. The summed E-state index contributed by atoms with van der Waals surface area (Å²) in [5.74, 6) is 0. The van der Waals surface area contributed by atoms with Gasteiger partial charge in [0, 0.05) is 12.6 Å². The number of halogens is 1. The standard InChI is InChI=1S/C6H14N2O.BrH/c7-5-4-8-3-1-2-6(5)9;/h5-6,8-9H,1-4,7H2;1H. The maximum atomic E-state index is 9.19. The van der Waals surface area contributed by atoms with Crippen LogP contribution in [0.15, 0.2) is 0 Å². The highest BCUT2D eigenvalue weighted by molar-refractivity contribution is 8.93. The molecule has 0 aromatic rings. The molecule has 1 saturated heterocycles. The largest absolute Gasteiger partial charge is 0.391 e. The van der Waals surface area contributed by atoms with Gasteiger partial charge >= 0.3 is 0 Å². The van der Waals surface area contributed by atoms with Gasteiger partial charge in [0.2, 0.25) is 0 Å². The highest BCUT2D eigenvalue weighted by Gasteiger charge is 2.16. The second kappa shape index (κ2) is 5.07. The summed E-state index contributed by atoms with van der Waals surface area (Å²) in [4.78, 5) is 0. The number of nitrogens with one attached hydrogen (secondary N) is 1. The third-order valence-corrected chi connectivity index (χ3v) is 1.73. The van der Waals surface area contributed by atoms with Crippen LogP contribution in [-0.4, -0.2) is 30.3 Å². The molecule has 0 saturated carbocycles. The molecular formula is C6H15BrN2O. The molecule has 0 aromatic carbocycles. The van der Waals surface area contributed by atoms with Crippen LogP contribution in [0.3, 0.4) is 0 Å². The molecule has 0 amide bonds. The van der Waals surface area contributed by atoms with Gasteiger partial charge in [-0.15, -0.1) is 17.0 Å². The van der Waals surface area contributed by atoms with Crippen LogP contribution < -0.4 is 11.1 Å². The first-order valence-corrected chi connectivity index (χ1v) is 3.45. The number of hydrogen-bond donors (Lipinski definition) is 3. The molecule has 3 nitrogen and oxygen atoms in total. The van der Waals surface area contributed by atoms with Crippen molar-refractivity contribution in [3.8, 4) is 0 Å². The van der Waals surface area contributed by atoms with E-state index in [2.05, 4.69) is 5.32 Å². The van der Waals surface area contributed by atoms with E-state index in [0.29, 0.717) is 0 Å². The third-order valence-electron chi connectivity index (χ3n) is 1.73. The Bertz CT molecular complexity index is 81.8. The molecule has 0 spiro atoms. The van der Waals surface area contributed by atoms with Crippen LogP contribution in [0, 0.1) is 0 Å². The molecule has 0 bridgehead atoms. The van der Waals surface area contributed by atoms with Crippen LogP contribution in [-0.2, 0) is 0 Å². The zero-order valence-corrected chi connectivity index (χ0v) is 7.63. The monoisotopic (exact) mass is 210 g/mol. The van der Waals surface area contributed by atoms with E-state index in [1.807, 2.05) is 0 Å². The summed E-state index contributed by atoms with van der Waals surface area (Å²) in [5, 5.41) is 12.3. The van der Waals surface area contributed by atoms with Gasteiger partial charge in [-0.3, -0.25) is 0 Å². The molecule has 1 rings (SSSR count). The summed E-state index contributed by atoms with van der Waals surface area (Å²) in [7, 11) is 0. The van der Waals surface area contributed by atoms with Crippen LogP contribution in [0.5, 0.6) is 0 Å². The van der Waals surface area contributed by atoms with Gasteiger partial charge in [-0.1, -0.05) is 0 Å². The zero-order valence-electron chi connectivity index (χ0n) is 5.92. The van der Waals surface area contributed by atoms with Crippen molar-refractivity contribution >= 4 is 17.0 Å². The van der Waals surface area contributed by atoms with Crippen molar-refractivity contribution in [2.24, 2.45) is 5.73 Å². The lowest BCUT2D eigenvalue weighted by Gasteiger charge is -2.13. The lowest BCUT2D eigenvalue weighted by Crippen LogP contribution is -2.40. The van der Waals surface area contributed by atoms with Gasteiger partial charge in [0.15, 0.2) is 0 Å². The molecule has 62 valence electrons. The first kappa shape index (κ1) is 10.4. The van der Waals surface area contributed by atoms with Crippen molar-refractivity contribution in [1.29, 1.82) is 0 Å². The van der Waals surface area contributed by atoms with Crippen LogP contribution in [0.1, 0.15) is 12.8 Å². The molecule has 0 aliphatic carbocycles. The van der Waals surface area contributed by atoms with Crippen molar-refractivity contribution in [2.45, 2.75) is 25.0 Å². The van der Waals surface area contributed by atoms with E-state index in [1.165, 1.54) is 0 Å². The van der Waals surface area contributed by atoms with Crippen LogP contribution in [0.4, 0.5) is 0 Å². The van der Waals surface area contributed by atoms with E-state index in [4.69, 9.17) is 5.73 Å². The minimum absolute atomic E-state index is 0. The van der Waals surface area contributed by atoms with Crippen molar-refractivity contribution in [3.63, 3.8) is 0 Å². The van der Waals surface area contributed by atoms with E-state index < -0.39 is 0 Å². The van der Waals surface area contributed by atoms with Crippen molar-refractivity contribution in [2.75, 3.05) is 13.1 Å². The van der Waals surface area contributed by atoms with E-state index in [-0.39, 0.29) is 29.1 Å². The van der Waals surface area contributed by atoms with Gasteiger partial charge in [-0.25, -0.2) is 0 Å². The summed E-state index contributed by atoms with van der Waals surface area (Å²) in [6.07, 6.45) is 1.59. The Kier molecular flexibility index (Phi) is 5.25. The number of nitrogens with two attached hydrogens (primary N) is 1. The predicted molar refractivity (Wildman–Crippen MR) is 46.4 cm³/mol. The maximum Gasteiger partial charge on any atom is 0.0704 e. The molecule has 1 fully saturated rings. The van der Waals surface area contributed by atoms with Gasteiger partial charge < -0.3 is 16.2 Å². The van der Waals surface area contributed by atoms with Gasteiger partial charge in [0.25, 0.3) is 0 Å². The summed E-state index contributed by atoms with van der Waals surface area (Å²) in [5.41, 5.74) is 5.57. The Morgan fingerprint density at radius 1 is 1.50 bits per heavy atom. The molecular weight excluding hydrogens is 196 g/mol. The average molecular weight is 211 g/mol. The number of hydrogen-bond acceptors (Lipinski definition) is 3. The smallest absolute Gasteiger partial charge is 0.0704 e. The molecule has 4 N–H and O–H groups in total. The quantitative estimate of drug-likeness (QED) is 0.512. The molecule has 0 aromatic heterocycles. The van der Waals surface area contributed by atoms with E-state index in [1.54, 1.807) is 0 Å². The predicted octanol–water partition coefficient (Wildman–Crippen LogP) is -0.364. The van der Waals surface area contributed by atoms with Gasteiger partial charge in [-0.05, 0) is 19.4 Å². The van der Waals surface area contributed by atoms with Gasteiger partial charge in [-0.2, -0.15) is 0 Å². The molecule has 1 heterocycles. The van der Waals surface area contributed by atoms with E-state index >= 15 is 0 Å². The zero-order chi connectivity index (χ0) is 6.69. The van der Waals surface area contributed by atoms with Crippen molar-refractivity contribution in [3.05, 3.63) is 0 Å². The third kappa shape index (κ3) is 2.96. The van der Waals surface area contributed by atoms with Crippen LogP contribution in [0.2, 0.25) is 0 Å². The van der Waals surface area contributed by atoms with Crippen LogP contribution >= 0.6 is 17.0 Å². The summed E-state index contributed by atoms with van der Waals surface area (Å²) in [6, 6.07) is -0.0625. The van der Waals surface area contributed by atoms with Gasteiger partial charge in [0.05, 0.1) is 6.10 Å². The fourth-order valence-corrected chi connectivity index (χ4v) is 1.06.